The van der Waals surface area contributed by atoms with Crippen LogP contribution in [0.2, 0.25) is 0 Å². The summed E-state index contributed by atoms with van der Waals surface area (Å²) in [7, 11) is 0. The molecule has 0 bridgehead atoms. The molecule has 0 saturated carbocycles. The largest absolute Gasteiger partial charge is 0.298 e. The van der Waals surface area contributed by atoms with E-state index in [0.717, 1.165) is 11.0 Å². The second-order valence-corrected chi connectivity index (χ2v) is 6.05. The van der Waals surface area contributed by atoms with E-state index in [2.05, 4.69) is 45.7 Å². The maximum absolute atomic E-state index is 4.19. The zero-order valence-electron chi connectivity index (χ0n) is 9.33. The van der Waals surface area contributed by atoms with Crippen LogP contribution in [0.3, 0.4) is 0 Å². The van der Waals surface area contributed by atoms with Gasteiger partial charge in [0, 0.05) is 30.0 Å². The summed E-state index contributed by atoms with van der Waals surface area (Å²) in [5, 5.41) is 0. The minimum atomic E-state index is 0.486. The second kappa shape index (κ2) is 4.22. The quantitative estimate of drug-likeness (QED) is 0.820. The van der Waals surface area contributed by atoms with Crippen molar-refractivity contribution in [3.63, 3.8) is 0 Å². The molecule has 0 aliphatic carbocycles. The fraction of sp³-hybridized carbons (Fsp3) is 0.583. The molecule has 2 nitrogen and oxygen atoms in total. The van der Waals surface area contributed by atoms with E-state index in [9.17, 15) is 0 Å². The number of halogens is 1. The number of rotatable bonds is 2. The van der Waals surface area contributed by atoms with Gasteiger partial charge in [-0.25, -0.2) is 0 Å². The van der Waals surface area contributed by atoms with Gasteiger partial charge in [0.2, 0.25) is 0 Å². The SMILES string of the molecule is CC1(C)CCN(Cc2cncc(Br)c2)C1. The van der Waals surface area contributed by atoms with Gasteiger partial charge >= 0.3 is 0 Å². The molecule has 0 aromatic carbocycles. The number of pyridine rings is 1. The normalized spacial score (nSPS) is 20.7. The van der Waals surface area contributed by atoms with Crippen molar-refractivity contribution in [3.8, 4) is 0 Å². The molecule has 1 saturated heterocycles. The van der Waals surface area contributed by atoms with Crippen LogP contribution in [-0.4, -0.2) is 23.0 Å². The van der Waals surface area contributed by atoms with Crippen molar-refractivity contribution in [2.45, 2.75) is 26.8 Å². The molecule has 1 aliphatic rings. The average Bonchev–Trinajstić information content (AvgIpc) is 2.45. The number of aromatic nitrogens is 1. The van der Waals surface area contributed by atoms with E-state index in [1.54, 1.807) is 0 Å². The number of hydrogen-bond donors (Lipinski definition) is 0. The minimum Gasteiger partial charge on any atom is -0.298 e. The molecular formula is C12H17BrN2. The molecule has 0 atom stereocenters. The highest BCUT2D eigenvalue weighted by molar-refractivity contribution is 9.10. The zero-order chi connectivity index (χ0) is 10.9. The monoisotopic (exact) mass is 268 g/mol. The predicted molar refractivity (Wildman–Crippen MR) is 65.6 cm³/mol. The molecule has 0 amide bonds. The summed E-state index contributed by atoms with van der Waals surface area (Å²) in [6.07, 6.45) is 5.09. The lowest BCUT2D eigenvalue weighted by Gasteiger charge is -2.19. The minimum absolute atomic E-state index is 0.486. The summed E-state index contributed by atoms with van der Waals surface area (Å²) in [4.78, 5) is 6.69. The van der Waals surface area contributed by atoms with Gasteiger partial charge in [-0.15, -0.1) is 0 Å². The highest BCUT2D eigenvalue weighted by Crippen LogP contribution is 2.29. The molecular weight excluding hydrogens is 252 g/mol. The number of nitrogens with zero attached hydrogens (tertiary/aromatic N) is 2. The van der Waals surface area contributed by atoms with E-state index in [1.165, 1.54) is 25.1 Å². The molecule has 1 fully saturated rings. The number of hydrogen-bond acceptors (Lipinski definition) is 2. The van der Waals surface area contributed by atoms with Crippen LogP contribution in [0.4, 0.5) is 0 Å². The molecule has 3 heteroatoms. The van der Waals surface area contributed by atoms with Gasteiger partial charge in [-0.2, -0.15) is 0 Å². The van der Waals surface area contributed by atoms with Crippen molar-refractivity contribution in [2.24, 2.45) is 5.41 Å². The Morgan fingerprint density at radius 1 is 1.47 bits per heavy atom. The van der Waals surface area contributed by atoms with Gasteiger partial charge in [0.15, 0.2) is 0 Å². The van der Waals surface area contributed by atoms with E-state index >= 15 is 0 Å². The van der Waals surface area contributed by atoms with E-state index in [0.29, 0.717) is 5.41 Å². The average molecular weight is 269 g/mol. The first-order valence-electron chi connectivity index (χ1n) is 5.37. The van der Waals surface area contributed by atoms with Crippen LogP contribution in [0.15, 0.2) is 22.9 Å². The lowest BCUT2D eigenvalue weighted by Crippen LogP contribution is -2.22. The fourth-order valence-corrected chi connectivity index (χ4v) is 2.57. The van der Waals surface area contributed by atoms with Crippen molar-refractivity contribution in [1.82, 2.24) is 9.88 Å². The fourth-order valence-electron chi connectivity index (χ4n) is 2.16. The maximum atomic E-state index is 4.19. The van der Waals surface area contributed by atoms with Gasteiger partial charge in [-0.05, 0) is 45.9 Å². The van der Waals surface area contributed by atoms with E-state index in [1.807, 2.05) is 12.4 Å². The Hall–Kier alpha value is -0.410. The smallest absolute Gasteiger partial charge is 0.0410 e. The molecule has 0 radical (unpaired) electrons. The molecule has 1 aliphatic heterocycles. The Morgan fingerprint density at radius 2 is 2.27 bits per heavy atom. The topological polar surface area (TPSA) is 16.1 Å². The van der Waals surface area contributed by atoms with E-state index in [-0.39, 0.29) is 0 Å². The van der Waals surface area contributed by atoms with Crippen LogP contribution < -0.4 is 0 Å². The summed E-state index contributed by atoms with van der Waals surface area (Å²) in [6, 6.07) is 2.15. The maximum Gasteiger partial charge on any atom is 0.0410 e. The molecule has 2 rings (SSSR count). The lowest BCUT2D eigenvalue weighted by molar-refractivity contribution is 0.284. The highest BCUT2D eigenvalue weighted by atomic mass is 79.9. The Kier molecular flexibility index (Phi) is 3.12. The van der Waals surface area contributed by atoms with Crippen molar-refractivity contribution in [2.75, 3.05) is 13.1 Å². The molecule has 1 aromatic rings. The molecule has 0 N–H and O–H groups in total. The Morgan fingerprint density at radius 3 is 2.87 bits per heavy atom. The van der Waals surface area contributed by atoms with Crippen LogP contribution in [0, 0.1) is 5.41 Å². The van der Waals surface area contributed by atoms with E-state index in [4.69, 9.17) is 0 Å². The first-order valence-corrected chi connectivity index (χ1v) is 6.16. The molecule has 2 heterocycles. The van der Waals surface area contributed by atoms with Gasteiger partial charge < -0.3 is 0 Å². The van der Waals surface area contributed by atoms with E-state index < -0.39 is 0 Å². The van der Waals surface area contributed by atoms with Crippen molar-refractivity contribution in [1.29, 1.82) is 0 Å². The first-order chi connectivity index (χ1) is 7.05. The predicted octanol–water partition coefficient (Wildman–Crippen LogP) is 3.08. The third kappa shape index (κ3) is 3.02. The van der Waals surface area contributed by atoms with Crippen LogP contribution in [0.1, 0.15) is 25.8 Å². The Labute approximate surface area is 99.8 Å². The first kappa shape index (κ1) is 11.1. The standard InChI is InChI=1S/C12H17BrN2/c1-12(2)3-4-15(9-12)8-10-5-11(13)7-14-6-10/h5-7H,3-4,8-9H2,1-2H3. The van der Waals surface area contributed by atoms with Gasteiger partial charge in [-0.1, -0.05) is 13.8 Å². The molecule has 82 valence electrons. The van der Waals surface area contributed by atoms with Crippen LogP contribution in [0.25, 0.3) is 0 Å². The molecule has 0 unspecified atom stereocenters. The molecule has 15 heavy (non-hydrogen) atoms. The highest BCUT2D eigenvalue weighted by Gasteiger charge is 2.28. The summed E-state index contributed by atoms with van der Waals surface area (Å²) < 4.78 is 1.07. The van der Waals surface area contributed by atoms with Gasteiger partial charge in [-0.3, -0.25) is 9.88 Å². The molecule has 1 aromatic heterocycles. The van der Waals surface area contributed by atoms with Gasteiger partial charge in [0.25, 0.3) is 0 Å². The van der Waals surface area contributed by atoms with Gasteiger partial charge in [0.1, 0.15) is 0 Å². The van der Waals surface area contributed by atoms with Crippen LogP contribution in [-0.2, 0) is 6.54 Å². The summed E-state index contributed by atoms with van der Waals surface area (Å²) >= 11 is 3.45. The third-order valence-electron chi connectivity index (χ3n) is 2.92. The van der Waals surface area contributed by atoms with Crippen LogP contribution >= 0.6 is 15.9 Å². The second-order valence-electron chi connectivity index (χ2n) is 5.14. The van der Waals surface area contributed by atoms with Crippen molar-refractivity contribution in [3.05, 3.63) is 28.5 Å². The van der Waals surface area contributed by atoms with Crippen LogP contribution in [0.5, 0.6) is 0 Å². The zero-order valence-corrected chi connectivity index (χ0v) is 10.9. The summed E-state index contributed by atoms with van der Waals surface area (Å²) in [5.74, 6) is 0. The Bertz CT molecular complexity index is 349. The molecule has 0 spiro atoms. The lowest BCUT2D eigenvalue weighted by atomic mass is 9.93. The van der Waals surface area contributed by atoms with Crippen molar-refractivity contribution >= 4 is 15.9 Å². The Balaban J connectivity index is 1.99. The summed E-state index contributed by atoms with van der Waals surface area (Å²) in [5.41, 5.74) is 1.78. The summed E-state index contributed by atoms with van der Waals surface area (Å²) in [6.45, 7) is 8.10. The van der Waals surface area contributed by atoms with Crippen molar-refractivity contribution < 1.29 is 0 Å². The number of likely N-dealkylation sites (tertiary alicyclic amines) is 1. The third-order valence-corrected chi connectivity index (χ3v) is 3.36. The van der Waals surface area contributed by atoms with Gasteiger partial charge in [0.05, 0.1) is 0 Å².